The molecule has 0 spiro atoms. The Balaban J connectivity index is 2.63. The minimum Gasteiger partial charge on any atom is -0.396 e. The van der Waals surface area contributed by atoms with Gasteiger partial charge in [0.15, 0.2) is 0 Å². The molecule has 0 fully saturated rings. The molecule has 0 aliphatic rings. The Morgan fingerprint density at radius 2 is 1.88 bits per heavy atom. The van der Waals surface area contributed by atoms with Crippen LogP contribution >= 0.6 is 11.6 Å². The Hall–Kier alpha value is -1.03. The molecule has 0 radical (unpaired) electrons. The number of nitrogens with one attached hydrogen (secondary N) is 1. The molecule has 0 saturated heterocycles. The normalized spacial score (nSPS) is 11.2. The van der Waals surface area contributed by atoms with Crippen LogP contribution in [0.3, 0.4) is 0 Å². The highest BCUT2D eigenvalue weighted by molar-refractivity contribution is 6.18. The average molecular weight is 254 g/mol. The predicted molar refractivity (Wildman–Crippen MR) is 69.4 cm³/mol. The lowest BCUT2D eigenvalue weighted by molar-refractivity contribution is 0.292. The van der Waals surface area contributed by atoms with Gasteiger partial charge in [0.1, 0.15) is 0 Å². The zero-order valence-electron chi connectivity index (χ0n) is 9.54. The molecule has 0 atom stereocenters. The molecule has 3 N–H and O–H groups in total. The van der Waals surface area contributed by atoms with Crippen LogP contribution in [-0.2, 0) is 18.7 Å². The number of halogens is 1. The van der Waals surface area contributed by atoms with Crippen LogP contribution in [0.1, 0.15) is 16.8 Å². The van der Waals surface area contributed by atoms with E-state index in [1.165, 1.54) is 0 Å². The van der Waals surface area contributed by atoms with E-state index >= 15 is 0 Å². The van der Waals surface area contributed by atoms with Crippen molar-refractivity contribution in [3.05, 3.63) is 35.0 Å². The lowest BCUT2D eigenvalue weighted by Gasteiger charge is -2.04. The van der Waals surface area contributed by atoms with E-state index in [1.807, 2.05) is 18.2 Å². The Morgan fingerprint density at radius 1 is 1.12 bits per heavy atom. The van der Waals surface area contributed by atoms with Crippen LogP contribution in [0, 0.1) is 0 Å². The molecule has 2 rings (SSSR count). The monoisotopic (exact) mass is 253 g/mol. The van der Waals surface area contributed by atoms with Crippen molar-refractivity contribution in [2.24, 2.45) is 0 Å². The number of aromatic nitrogens is 1. The number of fused-ring (bicyclic) bond motifs is 1. The van der Waals surface area contributed by atoms with Crippen molar-refractivity contribution in [1.29, 1.82) is 0 Å². The highest BCUT2D eigenvalue weighted by Gasteiger charge is 2.13. The lowest BCUT2D eigenvalue weighted by atomic mass is 10.0. The minimum absolute atomic E-state index is 0.0987. The fourth-order valence-electron chi connectivity index (χ4n) is 2.27. The first kappa shape index (κ1) is 12.4. The molecule has 0 aliphatic carbocycles. The summed E-state index contributed by atoms with van der Waals surface area (Å²) in [5.41, 5.74) is 4.16. The molecule has 4 heteroatoms. The number of H-pyrrole nitrogens is 1. The SMILES string of the molecule is OCCc1[nH]c2cccc(CCl)c2c1CCO. The Labute approximate surface area is 105 Å². The van der Waals surface area contributed by atoms with Crippen LogP contribution < -0.4 is 0 Å². The zero-order valence-corrected chi connectivity index (χ0v) is 10.3. The summed E-state index contributed by atoms with van der Waals surface area (Å²) in [4.78, 5) is 3.29. The Kier molecular flexibility index (Phi) is 4.05. The van der Waals surface area contributed by atoms with Crippen LogP contribution in [0.5, 0.6) is 0 Å². The van der Waals surface area contributed by atoms with Gasteiger partial charge in [-0.25, -0.2) is 0 Å². The topological polar surface area (TPSA) is 56.2 Å². The molecule has 17 heavy (non-hydrogen) atoms. The zero-order chi connectivity index (χ0) is 12.3. The number of aromatic amines is 1. The van der Waals surface area contributed by atoms with Gasteiger partial charge in [-0.15, -0.1) is 11.6 Å². The second-order valence-corrected chi connectivity index (χ2v) is 4.27. The smallest absolute Gasteiger partial charge is 0.0485 e. The number of aliphatic hydroxyl groups excluding tert-OH is 2. The molecule has 0 aliphatic heterocycles. The van der Waals surface area contributed by atoms with Gasteiger partial charge in [-0.1, -0.05) is 12.1 Å². The van der Waals surface area contributed by atoms with Crippen molar-refractivity contribution < 1.29 is 10.2 Å². The summed E-state index contributed by atoms with van der Waals surface area (Å²) in [6, 6.07) is 5.95. The van der Waals surface area contributed by atoms with Gasteiger partial charge in [-0.05, 0) is 23.6 Å². The molecule has 2 aromatic rings. The standard InChI is InChI=1S/C13H16ClNO2/c14-8-9-2-1-3-12-13(9)10(4-6-16)11(15-12)5-7-17/h1-3,15-17H,4-8H2. The van der Waals surface area contributed by atoms with E-state index < -0.39 is 0 Å². The summed E-state index contributed by atoms with van der Waals surface area (Å²) in [7, 11) is 0. The molecule has 1 heterocycles. The quantitative estimate of drug-likeness (QED) is 0.714. The van der Waals surface area contributed by atoms with Crippen molar-refractivity contribution in [2.75, 3.05) is 13.2 Å². The third kappa shape index (κ3) is 2.32. The van der Waals surface area contributed by atoms with Gasteiger partial charge in [0.25, 0.3) is 0 Å². The molecule has 3 nitrogen and oxygen atoms in total. The molecule has 1 aromatic carbocycles. The van der Waals surface area contributed by atoms with Crippen LogP contribution in [-0.4, -0.2) is 28.4 Å². The number of hydrogen-bond acceptors (Lipinski definition) is 2. The van der Waals surface area contributed by atoms with E-state index in [0.29, 0.717) is 18.7 Å². The van der Waals surface area contributed by atoms with Crippen LogP contribution in [0.15, 0.2) is 18.2 Å². The largest absolute Gasteiger partial charge is 0.396 e. The molecular weight excluding hydrogens is 238 g/mol. The highest BCUT2D eigenvalue weighted by atomic mass is 35.5. The fraction of sp³-hybridized carbons (Fsp3) is 0.385. The molecule has 92 valence electrons. The summed E-state index contributed by atoms with van der Waals surface area (Å²) in [6.07, 6.45) is 1.16. The van der Waals surface area contributed by atoms with Gasteiger partial charge in [-0.3, -0.25) is 0 Å². The number of rotatable bonds is 5. The second-order valence-electron chi connectivity index (χ2n) is 4.00. The number of alkyl halides is 1. The molecule has 0 bridgehead atoms. The lowest BCUT2D eigenvalue weighted by Crippen LogP contribution is -1.99. The van der Waals surface area contributed by atoms with E-state index in [1.54, 1.807) is 0 Å². The van der Waals surface area contributed by atoms with E-state index in [4.69, 9.17) is 21.8 Å². The first-order chi connectivity index (χ1) is 8.31. The molecular formula is C13H16ClNO2. The highest BCUT2D eigenvalue weighted by Crippen LogP contribution is 2.27. The van der Waals surface area contributed by atoms with Gasteiger partial charge >= 0.3 is 0 Å². The van der Waals surface area contributed by atoms with Crippen molar-refractivity contribution in [3.63, 3.8) is 0 Å². The van der Waals surface area contributed by atoms with E-state index in [0.717, 1.165) is 27.7 Å². The summed E-state index contributed by atoms with van der Waals surface area (Å²) in [5, 5.41) is 19.3. The summed E-state index contributed by atoms with van der Waals surface area (Å²) >= 11 is 5.94. The van der Waals surface area contributed by atoms with Gasteiger partial charge in [0, 0.05) is 42.1 Å². The Morgan fingerprint density at radius 3 is 2.53 bits per heavy atom. The number of benzene rings is 1. The first-order valence-corrected chi connectivity index (χ1v) is 6.24. The maximum absolute atomic E-state index is 9.14. The fourth-order valence-corrected chi connectivity index (χ4v) is 2.50. The summed E-state index contributed by atoms with van der Waals surface area (Å²) in [6.45, 7) is 0.198. The van der Waals surface area contributed by atoms with Crippen LogP contribution in [0.2, 0.25) is 0 Å². The van der Waals surface area contributed by atoms with E-state index in [-0.39, 0.29) is 13.2 Å². The van der Waals surface area contributed by atoms with Gasteiger partial charge < -0.3 is 15.2 Å². The predicted octanol–water partition coefficient (Wildman–Crippen LogP) is 1.98. The third-order valence-electron chi connectivity index (χ3n) is 2.97. The second kappa shape index (κ2) is 5.54. The first-order valence-electron chi connectivity index (χ1n) is 5.70. The molecule has 0 unspecified atom stereocenters. The van der Waals surface area contributed by atoms with E-state index in [9.17, 15) is 0 Å². The van der Waals surface area contributed by atoms with Crippen molar-refractivity contribution >= 4 is 22.5 Å². The molecule has 1 aromatic heterocycles. The Bertz CT molecular complexity index is 507. The van der Waals surface area contributed by atoms with Crippen LogP contribution in [0.25, 0.3) is 10.9 Å². The third-order valence-corrected chi connectivity index (χ3v) is 3.26. The number of hydrogen-bond donors (Lipinski definition) is 3. The number of aliphatic hydroxyl groups is 2. The van der Waals surface area contributed by atoms with E-state index in [2.05, 4.69) is 4.98 Å². The molecule has 0 amide bonds. The van der Waals surface area contributed by atoms with Gasteiger partial charge in [0.05, 0.1) is 0 Å². The van der Waals surface area contributed by atoms with Gasteiger partial charge in [0.2, 0.25) is 0 Å². The summed E-state index contributed by atoms with van der Waals surface area (Å²) in [5.74, 6) is 0.451. The maximum Gasteiger partial charge on any atom is 0.0485 e. The maximum atomic E-state index is 9.14. The van der Waals surface area contributed by atoms with Gasteiger partial charge in [-0.2, -0.15) is 0 Å². The average Bonchev–Trinajstić information content (AvgIpc) is 2.68. The van der Waals surface area contributed by atoms with Crippen molar-refractivity contribution in [3.8, 4) is 0 Å². The van der Waals surface area contributed by atoms with Crippen molar-refractivity contribution in [2.45, 2.75) is 18.7 Å². The van der Waals surface area contributed by atoms with Crippen LogP contribution in [0.4, 0.5) is 0 Å². The van der Waals surface area contributed by atoms with Crippen molar-refractivity contribution in [1.82, 2.24) is 4.98 Å². The molecule has 0 saturated carbocycles. The summed E-state index contributed by atoms with van der Waals surface area (Å²) < 4.78 is 0. The minimum atomic E-state index is 0.0987.